The van der Waals surface area contributed by atoms with Crippen LogP contribution in [0.2, 0.25) is 0 Å². The zero-order valence-electron chi connectivity index (χ0n) is 15.6. The maximum absolute atomic E-state index is 12.6. The van der Waals surface area contributed by atoms with E-state index in [1.165, 1.54) is 4.88 Å². The Morgan fingerprint density at radius 3 is 3.15 bits per heavy atom. The minimum absolute atomic E-state index is 0.0426. The van der Waals surface area contributed by atoms with Gasteiger partial charge in [-0.3, -0.25) is 4.90 Å². The van der Waals surface area contributed by atoms with Gasteiger partial charge in [-0.2, -0.15) is 0 Å². The fraction of sp³-hybridized carbons (Fsp3) is 0.611. The fourth-order valence-corrected chi connectivity index (χ4v) is 4.08. The first-order valence-electron chi connectivity index (χ1n) is 9.28. The Kier molecular flexibility index (Phi) is 6.62. The SMILES string of the molecule is CCCn1cnnc1CN(C)C(=O)NC1CCCN(Cc2cccs2)C1. The molecule has 8 heteroatoms. The number of carbonyl (C=O) groups excluding carboxylic acids is 1. The molecule has 0 radical (unpaired) electrons. The minimum atomic E-state index is -0.0426. The van der Waals surface area contributed by atoms with Crippen LogP contribution >= 0.6 is 11.3 Å². The van der Waals surface area contributed by atoms with Crippen LogP contribution in [0.15, 0.2) is 23.8 Å². The Hall–Kier alpha value is -1.93. The second-order valence-electron chi connectivity index (χ2n) is 6.90. The summed E-state index contributed by atoms with van der Waals surface area (Å²) >= 11 is 1.79. The number of carbonyl (C=O) groups is 1. The zero-order chi connectivity index (χ0) is 18.4. The Bertz CT molecular complexity index is 686. The van der Waals surface area contributed by atoms with E-state index in [0.717, 1.165) is 51.3 Å². The molecule has 0 spiro atoms. The van der Waals surface area contributed by atoms with Gasteiger partial charge in [0.2, 0.25) is 0 Å². The number of hydrogen-bond donors (Lipinski definition) is 1. The van der Waals surface area contributed by atoms with Gasteiger partial charge in [0, 0.05) is 37.6 Å². The van der Waals surface area contributed by atoms with Gasteiger partial charge in [0.1, 0.15) is 6.33 Å². The van der Waals surface area contributed by atoms with E-state index in [2.05, 4.69) is 44.9 Å². The molecule has 1 unspecified atom stereocenters. The van der Waals surface area contributed by atoms with E-state index in [1.807, 2.05) is 11.6 Å². The van der Waals surface area contributed by atoms with E-state index < -0.39 is 0 Å². The first-order chi connectivity index (χ1) is 12.7. The Morgan fingerprint density at radius 1 is 1.50 bits per heavy atom. The van der Waals surface area contributed by atoms with Crippen molar-refractivity contribution in [1.82, 2.24) is 29.9 Å². The molecule has 0 saturated carbocycles. The van der Waals surface area contributed by atoms with E-state index in [-0.39, 0.29) is 12.1 Å². The van der Waals surface area contributed by atoms with Crippen LogP contribution in [0.4, 0.5) is 4.79 Å². The monoisotopic (exact) mass is 376 g/mol. The van der Waals surface area contributed by atoms with Gasteiger partial charge in [-0.05, 0) is 37.3 Å². The molecule has 1 aliphatic rings. The average Bonchev–Trinajstić information content (AvgIpc) is 3.28. The number of aromatic nitrogens is 3. The van der Waals surface area contributed by atoms with Crippen LogP contribution in [0.1, 0.15) is 36.9 Å². The van der Waals surface area contributed by atoms with Crippen LogP contribution in [0, 0.1) is 0 Å². The van der Waals surface area contributed by atoms with Gasteiger partial charge in [-0.1, -0.05) is 13.0 Å². The van der Waals surface area contributed by atoms with Crippen molar-refractivity contribution in [3.8, 4) is 0 Å². The zero-order valence-corrected chi connectivity index (χ0v) is 16.4. The highest BCUT2D eigenvalue weighted by Gasteiger charge is 2.23. The van der Waals surface area contributed by atoms with Crippen molar-refractivity contribution >= 4 is 17.4 Å². The first-order valence-corrected chi connectivity index (χ1v) is 10.2. The molecule has 0 aliphatic carbocycles. The third-order valence-electron chi connectivity index (χ3n) is 4.68. The van der Waals surface area contributed by atoms with Crippen LogP contribution in [-0.2, 0) is 19.6 Å². The van der Waals surface area contributed by atoms with Crippen LogP contribution < -0.4 is 5.32 Å². The van der Waals surface area contributed by atoms with Gasteiger partial charge in [0.15, 0.2) is 5.82 Å². The quantitative estimate of drug-likeness (QED) is 0.806. The Balaban J connectivity index is 1.49. The van der Waals surface area contributed by atoms with Gasteiger partial charge >= 0.3 is 6.03 Å². The van der Waals surface area contributed by atoms with Crippen molar-refractivity contribution in [1.29, 1.82) is 0 Å². The summed E-state index contributed by atoms with van der Waals surface area (Å²) < 4.78 is 2.01. The summed E-state index contributed by atoms with van der Waals surface area (Å²) in [5.41, 5.74) is 0. The smallest absolute Gasteiger partial charge is 0.317 e. The summed E-state index contributed by atoms with van der Waals surface area (Å²) in [5, 5.41) is 13.4. The average molecular weight is 377 g/mol. The summed E-state index contributed by atoms with van der Waals surface area (Å²) in [5.74, 6) is 0.826. The molecule has 1 fully saturated rings. The summed E-state index contributed by atoms with van der Waals surface area (Å²) in [7, 11) is 1.81. The summed E-state index contributed by atoms with van der Waals surface area (Å²) in [6, 6.07) is 4.42. The third-order valence-corrected chi connectivity index (χ3v) is 5.54. The first kappa shape index (κ1) is 18.8. The van der Waals surface area contributed by atoms with Crippen molar-refractivity contribution in [3.63, 3.8) is 0 Å². The lowest BCUT2D eigenvalue weighted by molar-refractivity contribution is 0.167. The highest BCUT2D eigenvalue weighted by atomic mass is 32.1. The molecule has 0 bridgehead atoms. The van der Waals surface area contributed by atoms with Crippen molar-refractivity contribution in [2.45, 2.75) is 51.9 Å². The van der Waals surface area contributed by atoms with Crippen LogP contribution in [0.5, 0.6) is 0 Å². The second kappa shape index (κ2) is 9.14. The molecule has 2 aromatic rings. The number of urea groups is 1. The number of aryl methyl sites for hydroxylation is 1. The number of nitrogens with zero attached hydrogens (tertiary/aromatic N) is 5. The third kappa shape index (κ3) is 5.04. The molecule has 0 aromatic carbocycles. The topological polar surface area (TPSA) is 66.3 Å². The lowest BCUT2D eigenvalue weighted by Gasteiger charge is -2.33. The normalized spacial score (nSPS) is 18.0. The van der Waals surface area contributed by atoms with Crippen LogP contribution in [-0.4, -0.2) is 56.8 Å². The number of rotatable bonds is 7. The lowest BCUT2D eigenvalue weighted by Crippen LogP contribution is -2.50. The molecule has 142 valence electrons. The number of hydrogen-bond acceptors (Lipinski definition) is 5. The molecule has 1 atom stereocenters. The van der Waals surface area contributed by atoms with Gasteiger partial charge in [0.05, 0.1) is 6.54 Å². The summed E-state index contributed by atoms with van der Waals surface area (Å²) in [6.07, 6.45) is 4.90. The van der Waals surface area contributed by atoms with Crippen molar-refractivity contribution in [2.24, 2.45) is 0 Å². The van der Waals surface area contributed by atoms with Gasteiger partial charge in [-0.25, -0.2) is 4.79 Å². The molecule has 7 nitrogen and oxygen atoms in total. The molecule has 2 amide bonds. The number of amides is 2. The predicted octanol–water partition coefficient (Wildman–Crippen LogP) is 2.56. The molecular formula is C18H28N6OS. The number of thiophene rings is 1. The van der Waals surface area contributed by atoms with E-state index in [9.17, 15) is 4.79 Å². The highest BCUT2D eigenvalue weighted by Crippen LogP contribution is 2.17. The van der Waals surface area contributed by atoms with E-state index >= 15 is 0 Å². The predicted molar refractivity (Wildman–Crippen MR) is 103 cm³/mol. The van der Waals surface area contributed by atoms with Crippen molar-refractivity contribution in [3.05, 3.63) is 34.5 Å². The molecule has 26 heavy (non-hydrogen) atoms. The largest absolute Gasteiger partial charge is 0.334 e. The Labute approximate surface area is 159 Å². The molecule has 1 saturated heterocycles. The summed E-state index contributed by atoms with van der Waals surface area (Å²) in [4.78, 5) is 18.1. The van der Waals surface area contributed by atoms with E-state index in [1.54, 1.807) is 22.6 Å². The minimum Gasteiger partial charge on any atom is -0.334 e. The molecule has 1 aliphatic heterocycles. The summed E-state index contributed by atoms with van der Waals surface area (Å²) in [6.45, 7) is 6.44. The van der Waals surface area contributed by atoms with Crippen LogP contribution in [0.25, 0.3) is 0 Å². The molecule has 3 rings (SSSR count). The number of likely N-dealkylation sites (tertiary alicyclic amines) is 1. The Morgan fingerprint density at radius 2 is 2.38 bits per heavy atom. The number of piperidine rings is 1. The van der Waals surface area contributed by atoms with Crippen molar-refractivity contribution < 1.29 is 4.79 Å². The fourth-order valence-electron chi connectivity index (χ4n) is 3.34. The number of nitrogens with one attached hydrogen (secondary N) is 1. The van der Waals surface area contributed by atoms with Crippen molar-refractivity contribution in [2.75, 3.05) is 20.1 Å². The maximum Gasteiger partial charge on any atom is 0.317 e. The van der Waals surface area contributed by atoms with Gasteiger partial charge in [0.25, 0.3) is 0 Å². The van der Waals surface area contributed by atoms with Gasteiger partial charge in [-0.15, -0.1) is 21.5 Å². The molecular weight excluding hydrogens is 348 g/mol. The highest BCUT2D eigenvalue weighted by molar-refractivity contribution is 7.09. The van der Waals surface area contributed by atoms with Gasteiger partial charge < -0.3 is 14.8 Å². The van der Waals surface area contributed by atoms with E-state index in [4.69, 9.17) is 0 Å². The maximum atomic E-state index is 12.6. The molecule has 1 N–H and O–H groups in total. The molecule has 2 aromatic heterocycles. The molecule has 3 heterocycles. The standard InChI is InChI=1S/C18H28N6OS/c1-3-8-24-14-19-21-17(24)13-22(2)18(25)20-15-6-4-9-23(11-15)12-16-7-5-10-26-16/h5,7,10,14-15H,3-4,6,8-9,11-13H2,1-2H3,(H,20,25). The lowest BCUT2D eigenvalue weighted by atomic mass is 10.1. The van der Waals surface area contributed by atoms with Crippen LogP contribution in [0.3, 0.4) is 0 Å². The van der Waals surface area contributed by atoms with E-state index in [0.29, 0.717) is 6.54 Å². The second-order valence-corrected chi connectivity index (χ2v) is 7.93.